The Morgan fingerprint density at radius 1 is 1.21 bits per heavy atom. The van der Waals surface area contributed by atoms with Gasteiger partial charge in [0, 0.05) is 18.8 Å². The number of hydrogen-bond acceptors (Lipinski definition) is 3. The molecule has 2 heterocycles. The van der Waals surface area contributed by atoms with Crippen LogP contribution >= 0.6 is 34.5 Å². The first-order valence-electron chi connectivity index (χ1n) is 7.63. The Labute approximate surface area is 154 Å². The van der Waals surface area contributed by atoms with Crippen LogP contribution in [-0.4, -0.2) is 29.8 Å². The molecule has 1 fully saturated rings. The molecular formula is C17H16Cl2N2O2S. The number of carbonyl (C=O) groups excluding carboxylic acids is 2. The Hall–Kier alpha value is -1.56. The van der Waals surface area contributed by atoms with Crippen LogP contribution in [0.15, 0.2) is 35.7 Å². The standard InChI is InChI=1S/C17H16Cl2N2O2S/c18-13-6-5-12(9-14(13)19)20-16(22)11-3-1-7-21(10-11)17(23)15-4-2-8-24-15/h2,4-6,8-9,11H,1,3,7,10H2,(H,20,22). The first-order chi connectivity index (χ1) is 11.5. The molecule has 4 nitrogen and oxygen atoms in total. The maximum Gasteiger partial charge on any atom is 0.263 e. The van der Waals surface area contributed by atoms with Crippen molar-refractivity contribution < 1.29 is 9.59 Å². The monoisotopic (exact) mass is 382 g/mol. The van der Waals surface area contributed by atoms with E-state index in [9.17, 15) is 9.59 Å². The summed E-state index contributed by atoms with van der Waals surface area (Å²) in [4.78, 5) is 27.4. The van der Waals surface area contributed by atoms with Crippen molar-refractivity contribution in [1.29, 1.82) is 0 Å². The zero-order valence-corrected chi connectivity index (χ0v) is 15.1. The predicted octanol–water partition coefficient (Wildman–Crippen LogP) is 4.55. The Kier molecular flexibility index (Phi) is 5.43. The molecule has 1 aliphatic heterocycles. The molecule has 1 saturated heterocycles. The van der Waals surface area contributed by atoms with Crippen molar-refractivity contribution in [3.63, 3.8) is 0 Å². The van der Waals surface area contributed by atoms with Crippen molar-refractivity contribution in [3.05, 3.63) is 50.6 Å². The van der Waals surface area contributed by atoms with Gasteiger partial charge in [-0.2, -0.15) is 0 Å². The average Bonchev–Trinajstić information content (AvgIpc) is 3.12. The van der Waals surface area contributed by atoms with Crippen LogP contribution in [0.5, 0.6) is 0 Å². The van der Waals surface area contributed by atoms with Crippen molar-refractivity contribution in [2.75, 3.05) is 18.4 Å². The van der Waals surface area contributed by atoms with Crippen molar-refractivity contribution in [2.24, 2.45) is 5.92 Å². The minimum Gasteiger partial charge on any atom is -0.337 e. The molecule has 2 amide bonds. The summed E-state index contributed by atoms with van der Waals surface area (Å²) in [5, 5.41) is 5.58. The molecule has 1 N–H and O–H groups in total. The van der Waals surface area contributed by atoms with E-state index in [1.165, 1.54) is 11.3 Å². The number of likely N-dealkylation sites (tertiary alicyclic amines) is 1. The van der Waals surface area contributed by atoms with E-state index in [-0.39, 0.29) is 17.7 Å². The van der Waals surface area contributed by atoms with Crippen LogP contribution in [-0.2, 0) is 4.79 Å². The van der Waals surface area contributed by atoms with E-state index in [0.717, 1.165) is 12.8 Å². The van der Waals surface area contributed by atoms with Gasteiger partial charge in [-0.15, -0.1) is 11.3 Å². The van der Waals surface area contributed by atoms with Crippen molar-refractivity contribution in [2.45, 2.75) is 12.8 Å². The maximum absolute atomic E-state index is 12.5. The largest absolute Gasteiger partial charge is 0.337 e. The van der Waals surface area contributed by atoms with Gasteiger partial charge in [-0.1, -0.05) is 29.3 Å². The molecule has 1 aromatic heterocycles. The summed E-state index contributed by atoms with van der Waals surface area (Å²) in [7, 11) is 0. The second-order valence-electron chi connectivity index (χ2n) is 5.69. The quantitative estimate of drug-likeness (QED) is 0.846. The zero-order chi connectivity index (χ0) is 17.1. The molecule has 3 rings (SSSR count). The Balaban J connectivity index is 1.64. The predicted molar refractivity (Wildman–Crippen MR) is 98.0 cm³/mol. The molecule has 24 heavy (non-hydrogen) atoms. The second-order valence-corrected chi connectivity index (χ2v) is 7.45. The summed E-state index contributed by atoms with van der Waals surface area (Å²) >= 11 is 13.3. The highest BCUT2D eigenvalue weighted by molar-refractivity contribution is 7.12. The summed E-state index contributed by atoms with van der Waals surface area (Å²) in [5.41, 5.74) is 0.608. The van der Waals surface area contributed by atoms with Crippen LogP contribution < -0.4 is 5.32 Å². The van der Waals surface area contributed by atoms with E-state index in [0.29, 0.717) is 33.7 Å². The molecule has 7 heteroatoms. The molecule has 1 aromatic carbocycles. The lowest BCUT2D eigenvalue weighted by atomic mass is 9.97. The van der Waals surface area contributed by atoms with Crippen LogP contribution in [0.4, 0.5) is 5.69 Å². The van der Waals surface area contributed by atoms with Gasteiger partial charge in [0.15, 0.2) is 0 Å². The molecule has 2 aromatic rings. The number of halogens is 2. The van der Waals surface area contributed by atoms with Gasteiger partial charge in [0.2, 0.25) is 5.91 Å². The third-order valence-electron chi connectivity index (χ3n) is 4.00. The van der Waals surface area contributed by atoms with E-state index in [1.807, 2.05) is 17.5 Å². The number of amides is 2. The average molecular weight is 383 g/mol. The van der Waals surface area contributed by atoms with E-state index < -0.39 is 0 Å². The van der Waals surface area contributed by atoms with E-state index >= 15 is 0 Å². The lowest BCUT2D eigenvalue weighted by Crippen LogP contribution is -2.43. The number of benzene rings is 1. The third kappa shape index (κ3) is 3.91. The maximum atomic E-state index is 12.5. The summed E-state index contributed by atoms with van der Waals surface area (Å²) in [6.45, 7) is 1.12. The Bertz CT molecular complexity index is 749. The van der Waals surface area contributed by atoms with Crippen molar-refractivity contribution >= 4 is 52.0 Å². The number of nitrogens with zero attached hydrogens (tertiary/aromatic N) is 1. The van der Waals surface area contributed by atoms with Crippen LogP contribution in [0, 0.1) is 5.92 Å². The topological polar surface area (TPSA) is 49.4 Å². The normalized spacial score (nSPS) is 17.6. The zero-order valence-electron chi connectivity index (χ0n) is 12.8. The lowest BCUT2D eigenvalue weighted by molar-refractivity contribution is -0.121. The molecule has 1 unspecified atom stereocenters. The lowest BCUT2D eigenvalue weighted by Gasteiger charge is -2.31. The van der Waals surface area contributed by atoms with Gasteiger partial charge in [0.05, 0.1) is 20.8 Å². The van der Waals surface area contributed by atoms with Gasteiger partial charge in [-0.05, 0) is 42.5 Å². The van der Waals surface area contributed by atoms with Crippen molar-refractivity contribution in [1.82, 2.24) is 4.90 Å². The summed E-state index contributed by atoms with van der Waals surface area (Å²) in [6.07, 6.45) is 1.58. The van der Waals surface area contributed by atoms with Gasteiger partial charge in [0.1, 0.15) is 0 Å². The van der Waals surface area contributed by atoms with Crippen LogP contribution in [0.2, 0.25) is 10.0 Å². The molecule has 0 spiro atoms. The minimum atomic E-state index is -0.225. The van der Waals surface area contributed by atoms with Gasteiger partial charge < -0.3 is 10.2 Å². The molecule has 0 bridgehead atoms. The van der Waals surface area contributed by atoms with Gasteiger partial charge in [-0.25, -0.2) is 0 Å². The number of nitrogens with one attached hydrogen (secondary N) is 1. The van der Waals surface area contributed by atoms with Gasteiger partial charge in [0.25, 0.3) is 5.91 Å². The number of carbonyl (C=O) groups is 2. The van der Waals surface area contributed by atoms with E-state index in [4.69, 9.17) is 23.2 Å². The van der Waals surface area contributed by atoms with Crippen LogP contribution in [0.3, 0.4) is 0 Å². The van der Waals surface area contributed by atoms with Crippen molar-refractivity contribution in [3.8, 4) is 0 Å². The number of piperidine rings is 1. The van der Waals surface area contributed by atoms with Gasteiger partial charge in [-0.3, -0.25) is 9.59 Å². The first-order valence-corrected chi connectivity index (χ1v) is 9.27. The fourth-order valence-corrected chi connectivity index (χ4v) is 3.74. The molecule has 1 aliphatic rings. The first kappa shape index (κ1) is 17.3. The fraction of sp³-hybridized carbons (Fsp3) is 0.294. The number of rotatable bonds is 3. The highest BCUT2D eigenvalue weighted by Gasteiger charge is 2.29. The summed E-state index contributed by atoms with van der Waals surface area (Å²) < 4.78 is 0. The number of hydrogen-bond donors (Lipinski definition) is 1. The summed E-state index contributed by atoms with van der Waals surface area (Å²) in [6, 6.07) is 8.65. The minimum absolute atomic E-state index is 0.00274. The molecular weight excluding hydrogens is 367 g/mol. The molecule has 0 aliphatic carbocycles. The second kappa shape index (κ2) is 7.55. The van der Waals surface area contributed by atoms with Gasteiger partial charge >= 0.3 is 0 Å². The number of thiophene rings is 1. The molecule has 0 saturated carbocycles. The number of anilines is 1. The molecule has 0 radical (unpaired) electrons. The third-order valence-corrected chi connectivity index (χ3v) is 5.60. The Morgan fingerprint density at radius 2 is 2.04 bits per heavy atom. The highest BCUT2D eigenvalue weighted by Crippen LogP contribution is 2.26. The molecule has 126 valence electrons. The Morgan fingerprint density at radius 3 is 2.75 bits per heavy atom. The highest BCUT2D eigenvalue weighted by atomic mass is 35.5. The van der Waals surface area contributed by atoms with Crippen LogP contribution in [0.25, 0.3) is 0 Å². The van der Waals surface area contributed by atoms with Crippen LogP contribution in [0.1, 0.15) is 22.5 Å². The smallest absolute Gasteiger partial charge is 0.263 e. The fourth-order valence-electron chi connectivity index (χ4n) is 2.75. The van der Waals surface area contributed by atoms with E-state index in [1.54, 1.807) is 23.1 Å². The van der Waals surface area contributed by atoms with E-state index in [2.05, 4.69) is 5.32 Å². The SMILES string of the molecule is O=C(Nc1ccc(Cl)c(Cl)c1)C1CCCN(C(=O)c2cccs2)C1. The molecule has 1 atom stereocenters. The summed E-state index contributed by atoms with van der Waals surface area (Å²) in [5.74, 6) is -0.328.